The van der Waals surface area contributed by atoms with E-state index in [0.29, 0.717) is 22.5 Å². The van der Waals surface area contributed by atoms with Gasteiger partial charge in [-0.05, 0) is 42.5 Å². The standard InChI is InChI=1S/C21H15BrN2O5/c22-12-4-3-5-13(10-12)27-11-14-8-9-17(28-14)21(26)24-18-15-6-1-2-7-16(15)29-19(18)20(23)25/h1-10H,11H2,(H2,23,25)(H,24,26). The average Bonchev–Trinajstić information content (AvgIpc) is 3.32. The van der Waals surface area contributed by atoms with E-state index in [4.69, 9.17) is 19.3 Å². The lowest BCUT2D eigenvalue weighted by atomic mass is 10.2. The third-order valence-electron chi connectivity index (χ3n) is 4.12. The van der Waals surface area contributed by atoms with Gasteiger partial charge in [-0.2, -0.15) is 0 Å². The molecule has 0 atom stereocenters. The molecule has 7 nitrogen and oxygen atoms in total. The average molecular weight is 455 g/mol. The first-order chi connectivity index (χ1) is 14.0. The molecule has 4 rings (SSSR count). The molecule has 8 heteroatoms. The van der Waals surface area contributed by atoms with Crippen LogP contribution in [0.1, 0.15) is 26.9 Å². The summed E-state index contributed by atoms with van der Waals surface area (Å²) in [5, 5.41) is 3.22. The smallest absolute Gasteiger partial charge is 0.291 e. The number of amides is 2. The Hall–Kier alpha value is -3.52. The number of ether oxygens (including phenoxy) is 1. The highest BCUT2D eigenvalue weighted by atomic mass is 79.9. The Bertz CT molecular complexity index is 1210. The van der Waals surface area contributed by atoms with Crippen LogP contribution in [-0.4, -0.2) is 11.8 Å². The number of fused-ring (bicyclic) bond motifs is 1. The lowest BCUT2D eigenvalue weighted by Crippen LogP contribution is -2.16. The number of nitrogens with one attached hydrogen (secondary N) is 1. The van der Waals surface area contributed by atoms with E-state index in [9.17, 15) is 9.59 Å². The van der Waals surface area contributed by atoms with E-state index in [1.165, 1.54) is 6.07 Å². The number of hydrogen-bond donors (Lipinski definition) is 2. The fourth-order valence-corrected chi connectivity index (χ4v) is 3.19. The van der Waals surface area contributed by atoms with Gasteiger partial charge in [-0.1, -0.05) is 34.1 Å². The second kappa shape index (κ2) is 7.84. The van der Waals surface area contributed by atoms with E-state index in [-0.39, 0.29) is 23.8 Å². The molecule has 0 aliphatic heterocycles. The predicted molar refractivity (Wildman–Crippen MR) is 110 cm³/mol. The van der Waals surface area contributed by atoms with Gasteiger partial charge in [0.2, 0.25) is 5.76 Å². The van der Waals surface area contributed by atoms with E-state index in [1.54, 1.807) is 30.3 Å². The molecular weight excluding hydrogens is 440 g/mol. The number of anilines is 1. The minimum Gasteiger partial charge on any atom is -0.486 e. The van der Waals surface area contributed by atoms with Gasteiger partial charge in [0.15, 0.2) is 5.76 Å². The number of benzene rings is 2. The van der Waals surface area contributed by atoms with E-state index >= 15 is 0 Å². The van der Waals surface area contributed by atoms with Crippen LogP contribution in [0.5, 0.6) is 5.75 Å². The number of nitrogens with two attached hydrogens (primary N) is 1. The van der Waals surface area contributed by atoms with Crippen LogP contribution in [-0.2, 0) is 6.61 Å². The molecule has 4 aromatic rings. The zero-order valence-electron chi connectivity index (χ0n) is 15.0. The maximum absolute atomic E-state index is 12.6. The molecule has 2 amide bonds. The number of carbonyl (C=O) groups is 2. The quantitative estimate of drug-likeness (QED) is 0.438. The van der Waals surface area contributed by atoms with Crippen LogP contribution in [0.25, 0.3) is 11.0 Å². The fraction of sp³-hybridized carbons (Fsp3) is 0.0476. The molecule has 0 aliphatic carbocycles. The Kier molecular flexibility index (Phi) is 5.09. The summed E-state index contributed by atoms with van der Waals surface area (Å²) in [5.41, 5.74) is 6.03. The van der Waals surface area contributed by atoms with Crippen molar-refractivity contribution in [2.45, 2.75) is 6.61 Å². The number of rotatable bonds is 6. The molecule has 0 aliphatic rings. The van der Waals surface area contributed by atoms with Crippen molar-refractivity contribution in [3.63, 3.8) is 0 Å². The van der Waals surface area contributed by atoms with Crippen LogP contribution in [0.15, 0.2) is 74.0 Å². The summed E-state index contributed by atoms with van der Waals surface area (Å²) in [6, 6.07) is 17.5. The van der Waals surface area contributed by atoms with Crippen LogP contribution >= 0.6 is 15.9 Å². The zero-order chi connectivity index (χ0) is 20.4. The summed E-state index contributed by atoms with van der Waals surface area (Å²) >= 11 is 3.38. The molecular formula is C21H15BrN2O5. The van der Waals surface area contributed by atoms with Crippen molar-refractivity contribution in [2.75, 3.05) is 5.32 Å². The number of carbonyl (C=O) groups excluding carboxylic acids is 2. The van der Waals surface area contributed by atoms with Crippen molar-refractivity contribution in [1.82, 2.24) is 0 Å². The van der Waals surface area contributed by atoms with Gasteiger partial charge in [0.25, 0.3) is 11.8 Å². The molecule has 0 fully saturated rings. The van der Waals surface area contributed by atoms with Gasteiger partial charge >= 0.3 is 0 Å². The molecule has 0 bridgehead atoms. The summed E-state index contributed by atoms with van der Waals surface area (Å²) < 4.78 is 17.6. The summed E-state index contributed by atoms with van der Waals surface area (Å²) in [7, 11) is 0. The van der Waals surface area contributed by atoms with E-state index in [0.717, 1.165) is 4.47 Å². The van der Waals surface area contributed by atoms with Crippen LogP contribution in [0.3, 0.4) is 0 Å². The maximum atomic E-state index is 12.6. The summed E-state index contributed by atoms with van der Waals surface area (Å²) in [6.45, 7) is 0.158. The largest absolute Gasteiger partial charge is 0.486 e. The predicted octanol–water partition coefficient (Wildman–Crippen LogP) is 4.72. The summed E-state index contributed by atoms with van der Waals surface area (Å²) in [4.78, 5) is 24.3. The van der Waals surface area contributed by atoms with Gasteiger partial charge in [-0.25, -0.2) is 0 Å². The SMILES string of the molecule is NC(=O)c1oc2ccccc2c1NC(=O)c1ccc(COc2cccc(Br)c2)o1. The van der Waals surface area contributed by atoms with Crippen molar-refractivity contribution in [3.8, 4) is 5.75 Å². The Morgan fingerprint density at radius 3 is 2.66 bits per heavy atom. The Balaban J connectivity index is 1.51. The Morgan fingerprint density at radius 2 is 1.86 bits per heavy atom. The van der Waals surface area contributed by atoms with E-state index in [2.05, 4.69) is 21.2 Å². The number of furan rings is 2. The van der Waals surface area contributed by atoms with Crippen LogP contribution in [0.2, 0.25) is 0 Å². The third kappa shape index (κ3) is 4.02. The van der Waals surface area contributed by atoms with Gasteiger partial charge in [-0.3, -0.25) is 9.59 Å². The molecule has 0 unspecified atom stereocenters. The molecule has 2 aromatic heterocycles. The first kappa shape index (κ1) is 18.8. The number of primary amides is 1. The highest BCUT2D eigenvalue weighted by Gasteiger charge is 2.22. The zero-order valence-corrected chi connectivity index (χ0v) is 16.6. The second-order valence-electron chi connectivity index (χ2n) is 6.13. The van der Waals surface area contributed by atoms with Gasteiger partial charge in [0, 0.05) is 9.86 Å². The number of halogens is 1. The van der Waals surface area contributed by atoms with E-state index < -0.39 is 11.8 Å². The highest BCUT2D eigenvalue weighted by Crippen LogP contribution is 2.31. The molecule has 29 heavy (non-hydrogen) atoms. The Labute approximate surface area is 173 Å². The fourth-order valence-electron chi connectivity index (χ4n) is 2.81. The van der Waals surface area contributed by atoms with Crippen LogP contribution in [0.4, 0.5) is 5.69 Å². The molecule has 0 saturated carbocycles. The first-order valence-corrected chi connectivity index (χ1v) is 9.40. The summed E-state index contributed by atoms with van der Waals surface area (Å²) in [6.07, 6.45) is 0. The lowest BCUT2D eigenvalue weighted by molar-refractivity contribution is 0.0977. The lowest BCUT2D eigenvalue weighted by Gasteiger charge is -2.05. The molecule has 2 heterocycles. The topological polar surface area (TPSA) is 108 Å². The Morgan fingerprint density at radius 1 is 1.03 bits per heavy atom. The number of hydrogen-bond acceptors (Lipinski definition) is 5. The van der Waals surface area contributed by atoms with E-state index in [1.807, 2.05) is 24.3 Å². The first-order valence-electron chi connectivity index (χ1n) is 8.61. The molecule has 146 valence electrons. The molecule has 0 spiro atoms. The van der Waals surface area contributed by atoms with Crippen LogP contribution < -0.4 is 15.8 Å². The van der Waals surface area contributed by atoms with Crippen LogP contribution in [0, 0.1) is 0 Å². The van der Waals surface area contributed by atoms with Crippen molar-refractivity contribution in [3.05, 3.63) is 82.4 Å². The van der Waals surface area contributed by atoms with Gasteiger partial charge in [0.05, 0.1) is 0 Å². The van der Waals surface area contributed by atoms with Gasteiger partial charge in [-0.15, -0.1) is 0 Å². The van der Waals surface area contributed by atoms with Gasteiger partial charge < -0.3 is 24.6 Å². The van der Waals surface area contributed by atoms with Crippen molar-refractivity contribution in [2.24, 2.45) is 5.73 Å². The third-order valence-corrected chi connectivity index (χ3v) is 4.61. The second-order valence-corrected chi connectivity index (χ2v) is 7.05. The highest BCUT2D eigenvalue weighted by molar-refractivity contribution is 9.10. The minimum atomic E-state index is -0.779. The van der Waals surface area contributed by atoms with Crippen molar-refractivity contribution in [1.29, 1.82) is 0 Å². The maximum Gasteiger partial charge on any atom is 0.291 e. The minimum absolute atomic E-state index is 0.0681. The normalized spacial score (nSPS) is 10.8. The van der Waals surface area contributed by atoms with Gasteiger partial charge in [0.1, 0.15) is 29.4 Å². The summed E-state index contributed by atoms with van der Waals surface area (Å²) in [5.74, 6) is -0.227. The van der Waals surface area contributed by atoms with Crippen molar-refractivity contribution >= 4 is 44.4 Å². The molecule has 0 saturated heterocycles. The van der Waals surface area contributed by atoms with Crippen molar-refractivity contribution < 1.29 is 23.2 Å². The molecule has 0 radical (unpaired) electrons. The number of para-hydroxylation sites is 1. The molecule has 2 aromatic carbocycles. The monoisotopic (exact) mass is 454 g/mol. The molecule has 3 N–H and O–H groups in total.